The molecule has 0 heterocycles. The highest BCUT2D eigenvalue weighted by molar-refractivity contribution is 8.13. The first-order chi connectivity index (χ1) is 8.93. The van der Waals surface area contributed by atoms with Crippen LogP contribution in [-0.2, 0) is 9.47 Å². The molecule has 0 rings (SSSR count). The fourth-order valence-electron chi connectivity index (χ4n) is 0.992. The van der Waals surface area contributed by atoms with Crippen LogP contribution in [0.1, 0.15) is 48.5 Å². The van der Waals surface area contributed by atoms with Crippen molar-refractivity contribution in [2.75, 3.05) is 5.75 Å². The topological polar surface area (TPSA) is 77.0 Å². The number of amidine groups is 1. The molecule has 0 bridgehead atoms. The molecule has 0 aliphatic rings. The second-order valence-electron chi connectivity index (χ2n) is 5.96. The standard InChI is InChI=1S/C13H24N2O4S/c1-8-20-9(14-10(16)18-12(2,3)4)15-11(17)19-13(5,6)7/h8H2,1-7H3,(H,14,15,16,17). The number of aliphatic imine (C=N–C) groups is 1. The van der Waals surface area contributed by atoms with E-state index in [-0.39, 0.29) is 5.17 Å². The molecule has 0 atom stereocenters. The fourth-order valence-corrected chi connectivity index (χ4v) is 1.56. The van der Waals surface area contributed by atoms with Gasteiger partial charge in [-0.1, -0.05) is 18.7 Å². The molecule has 0 aliphatic carbocycles. The predicted molar refractivity (Wildman–Crippen MR) is 81.2 cm³/mol. The van der Waals surface area contributed by atoms with Gasteiger partial charge in [-0.05, 0) is 47.3 Å². The van der Waals surface area contributed by atoms with Crippen LogP contribution in [0.25, 0.3) is 0 Å². The molecule has 0 radical (unpaired) electrons. The van der Waals surface area contributed by atoms with E-state index >= 15 is 0 Å². The van der Waals surface area contributed by atoms with E-state index in [1.165, 1.54) is 11.8 Å². The summed E-state index contributed by atoms with van der Waals surface area (Å²) in [5.74, 6) is 0.650. The number of nitrogens with one attached hydrogen (secondary N) is 1. The number of hydrogen-bond acceptors (Lipinski definition) is 5. The van der Waals surface area contributed by atoms with Gasteiger partial charge in [-0.3, -0.25) is 5.32 Å². The highest BCUT2D eigenvalue weighted by atomic mass is 32.2. The molecule has 0 saturated carbocycles. The highest BCUT2D eigenvalue weighted by Crippen LogP contribution is 2.11. The number of amides is 2. The van der Waals surface area contributed by atoms with Crippen molar-refractivity contribution in [3.63, 3.8) is 0 Å². The molecule has 116 valence electrons. The fraction of sp³-hybridized carbons (Fsp3) is 0.769. The van der Waals surface area contributed by atoms with Crippen molar-refractivity contribution in [2.45, 2.75) is 59.7 Å². The molecule has 2 amide bonds. The van der Waals surface area contributed by atoms with E-state index in [4.69, 9.17) is 9.47 Å². The summed E-state index contributed by atoms with van der Waals surface area (Å²) in [7, 11) is 0. The van der Waals surface area contributed by atoms with E-state index in [1.807, 2.05) is 6.92 Å². The van der Waals surface area contributed by atoms with Crippen molar-refractivity contribution >= 4 is 29.1 Å². The van der Waals surface area contributed by atoms with Gasteiger partial charge in [0.25, 0.3) is 0 Å². The zero-order chi connectivity index (χ0) is 16.0. The third-order valence-corrected chi connectivity index (χ3v) is 2.23. The van der Waals surface area contributed by atoms with E-state index in [0.29, 0.717) is 5.75 Å². The van der Waals surface area contributed by atoms with Gasteiger partial charge in [0.15, 0.2) is 5.17 Å². The van der Waals surface area contributed by atoms with E-state index in [0.717, 1.165) is 0 Å². The first-order valence-electron chi connectivity index (χ1n) is 6.37. The van der Waals surface area contributed by atoms with Crippen LogP contribution in [0.5, 0.6) is 0 Å². The van der Waals surface area contributed by atoms with Gasteiger partial charge in [-0.15, -0.1) is 0 Å². The summed E-state index contributed by atoms with van der Waals surface area (Å²) in [5, 5.41) is 2.61. The number of rotatable bonds is 1. The Morgan fingerprint density at radius 3 is 1.95 bits per heavy atom. The number of nitrogens with zero attached hydrogens (tertiary/aromatic N) is 1. The van der Waals surface area contributed by atoms with Crippen molar-refractivity contribution in [3.8, 4) is 0 Å². The van der Waals surface area contributed by atoms with Crippen LogP contribution in [0, 0.1) is 0 Å². The molecule has 0 aromatic carbocycles. The molecule has 20 heavy (non-hydrogen) atoms. The lowest BCUT2D eigenvalue weighted by atomic mass is 10.2. The minimum absolute atomic E-state index is 0.163. The molecular formula is C13H24N2O4S. The number of alkyl carbamates (subject to hydrolysis) is 1. The van der Waals surface area contributed by atoms with Crippen molar-refractivity contribution < 1.29 is 19.1 Å². The molecule has 1 N–H and O–H groups in total. The third-order valence-electron chi connectivity index (χ3n) is 1.48. The molecule has 0 saturated heterocycles. The molecule has 0 unspecified atom stereocenters. The van der Waals surface area contributed by atoms with Crippen LogP contribution >= 0.6 is 11.8 Å². The summed E-state index contributed by atoms with van der Waals surface area (Å²) in [6, 6.07) is 0. The van der Waals surface area contributed by atoms with E-state index in [2.05, 4.69) is 10.3 Å². The van der Waals surface area contributed by atoms with Crippen LogP contribution in [-0.4, -0.2) is 34.3 Å². The van der Waals surface area contributed by atoms with Crippen LogP contribution in [0.3, 0.4) is 0 Å². The van der Waals surface area contributed by atoms with E-state index in [9.17, 15) is 9.59 Å². The third kappa shape index (κ3) is 10.7. The smallest absolute Gasteiger partial charge is 0.436 e. The van der Waals surface area contributed by atoms with Crippen LogP contribution in [0.4, 0.5) is 9.59 Å². The van der Waals surface area contributed by atoms with Gasteiger partial charge in [-0.25, -0.2) is 9.59 Å². The lowest BCUT2D eigenvalue weighted by Crippen LogP contribution is -2.36. The normalized spacial score (nSPS) is 12.8. The Labute approximate surface area is 124 Å². The number of carbonyl (C=O) groups excluding carboxylic acids is 2. The maximum atomic E-state index is 11.6. The Kier molecular flexibility index (Phi) is 7.05. The Morgan fingerprint density at radius 1 is 1.05 bits per heavy atom. The number of thioether (sulfide) groups is 1. The van der Waals surface area contributed by atoms with Gasteiger partial charge >= 0.3 is 12.2 Å². The van der Waals surface area contributed by atoms with Crippen molar-refractivity contribution in [3.05, 3.63) is 0 Å². The molecule has 0 fully saturated rings. The quantitative estimate of drug-likeness (QED) is 0.592. The van der Waals surface area contributed by atoms with Crippen molar-refractivity contribution in [1.82, 2.24) is 5.32 Å². The summed E-state index contributed by atoms with van der Waals surface area (Å²) < 4.78 is 10.2. The Bertz CT molecular complexity index is 381. The highest BCUT2D eigenvalue weighted by Gasteiger charge is 2.20. The average molecular weight is 304 g/mol. The molecule has 0 aromatic heterocycles. The summed E-state index contributed by atoms with van der Waals surface area (Å²) in [5.41, 5.74) is -1.24. The monoisotopic (exact) mass is 304 g/mol. The zero-order valence-electron chi connectivity index (χ0n) is 13.2. The second-order valence-corrected chi connectivity index (χ2v) is 7.21. The number of carbonyl (C=O) groups is 2. The van der Waals surface area contributed by atoms with E-state index in [1.54, 1.807) is 41.5 Å². The minimum Gasteiger partial charge on any atom is -0.444 e. The first-order valence-corrected chi connectivity index (χ1v) is 7.36. The van der Waals surface area contributed by atoms with Gasteiger partial charge in [-0.2, -0.15) is 4.99 Å². The Morgan fingerprint density at radius 2 is 1.55 bits per heavy atom. The van der Waals surface area contributed by atoms with Crippen LogP contribution in [0.15, 0.2) is 4.99 Å². The summed E-state index contributed by atoms with van der Waals surface area (Å²) in [6.45, 7) is 12.4. The maximum absolute atomic E-state index is 11.6. The molecular weight excluding hydrogens is 280 g/mol. The predicted octanol–water partition coefficient (Wildman–Crippen LogP) is 3.56. The van der Waals surface area contributed by atoms with Gasteiger partial charge in [0.1, 0.15) is 11.2 Å². The summed E-state index contributed by atoms with van der Waals surface area (Å²) in [4.78, 5) is 27.0. The van der Waals surface area contributed by atoms with Crippen molar-refractivity contribution in [1.29, 1.82) is 0 Å². The molecule has 7 heteroatoms. The molecule has 0 spiro atoms. The molecule has 0 aliphatic heterocycles. The molecule has 6 nitrogen and oxygen atoms in total. The zero-order valence-corrected chi connectivity index (χ0v) is 14.0. The van der Waals surface area contributed by atoms with E-state index < -0.39 is 23.4 Å². The van der Waals surface area contributed by atoms with Gasteiger partial charge < -0.3 is 9.47 Å². The minimum atomic E-state index is -0.746. The Balaban J connectivity index is 4.72. The SMILES string of the molecule is CCSC(=NC(=O)OC(C)(C)C)NC(=O)OC(C)(C)C. The van der Waals surface area contributed by atoms with Crippen molar-refractivity contribution in [2.24, 2.45) is 4.99 Å². The Hall–Kier alpha value is -1.24. The number of ether oxygens (including phenoxy) is 2. The average Bonchev–Trinajstić information content (AvgIpc) is 2.10. The van der Waals surface area contributed by atoms with Gasteiger partial charge in [0, 0.05) is 0 Å². The lowest BCUT2D eigenvalue weighted by molar-refractivity contribution is 0.0564. The lowest BCUT2D eigenvalue weighted by Gasteiger charge is -2.20. The second kappa shape index (κ2) is 7.52. The maximum Gasteiger partial charge on any atom is 0.436 e. The van der Waals surface area contributed by atoms with Gasteiger partial charge in [0.2, 0.25) is 0 Å². The molecule has 0 aromatic rings. The largest absolute Gasteiger partial charge is 0.444 e. The van der Waals surface area contributed by atoms with Crippen LogP contribution < -0.4 is 5.32 Å². The van der Waals surface area contributed by atoms with Crippen LogP contribution in [0.2, 0.25) is 0 Å². The van der Waals surface area contributed by atoms with Gasteiger partial charge in [0.05, 0.1) is 0 Å². The number of hydrogen-bond donors (Lipinski definition) is 1. The summed E-state index contributed by atoms with van der Waals surface area (Å²) in [6.07, 6.45) is -1.40. The first kappa shape index (κ1) is 18.8. The summed E-state index contributed by atoms with van der Waals surface area (Å²) >= 11 is 1.22.